The van der Waals surface area contributed by atoms with Gasteiger partial charge < -0.3 is 15.1 Å². The van der Waals surface area contributed by atoms with Gasteiger partial charge in [0.25, 0.3) is 0 Å². The van der Waals surface area contributed by atoms with Crippen LogP contribution in [-0.2, 0) is 11.2 Å². The number of hydrogen-bond acceptors (Lipinski definition) is 3. The van der Waals surface area contributed by atoms with Crippen LogP contribution >= 0.6 is 0 Å². The van der Waals surface area contributed by atoms with Gasteiger partial charge in [-0.2, -0.15) is 0 Å². The van der Waals surface area contributed by atoms with Crippen molar-refractivity contribution in [3.8, 4) is 0 Å². The van der Waals surface area contributed by atoms with Crippen LogP contribution in [0.4, 0.5) is 0 Å². The van der Waals surface area contributed by atoms with E-state index >= 15 is 0 Å². The molecule has 26 heavy (non-hydrogen) atoms. The summed E-state index contributed by atoms with van der Waals surface area (Å²) >= 11 is 0. The van der Waals surface area contributed by atoms with Crippen LogP contribution in [0.1, 0.15) is 69.8 Å². The summed E-state index contributed by atoms with van der Waals surface area (Å²) in [4.78, 5) is 14.4. The minimum absolute atomic E-state index is 0.276. The summed E-state index contributed by atoms with van der Waals surface area (Å²) in [7, 11) is 0. The van der Waals surface area contributed by atoms with Gasteiger partial charge in [-0.1, -0.05) is 49.6 Å². The van der Waals surface area contributed by atoms with E-state index in [2.05, 4.69) is 17.0 Å². The summed E-state index contributed by atoms with van der Waals surface area (Å²) in [5.74, 6) is 0.286. The summed E-state index contributed by atoms with van der Waals surface area (Å²) < 4.78 is 0. The zero-order valence-corrected chi connectivity index (χ0v) is 16.0. The molecule has 1 fully saturated rings. The molecule has 2 rings (SSSR count). The van der Waals surface area contributed by atoms with Crippen LogP contribution in [0.3, 0.4) is 0 Å². The lowest BCUT2D eigenvalue weighted by atomic mass is 9.94. The van der Waals surface area contributed by atoms with Gasteiger partial charge in [-0.3, -0.25) is 4.79 Å². The van der Waals surface area contributed by atoms with Gasteiger partial charge in [0.1, 0.15) is 0 Å². The third-order valence-electron chi connectivity index (χ3n) is 5.39. The van der Waals surface area contributed by atoms with Crippen molar-refractivity contribution < 1.29 is 15.0 Å². The Bertz CT molecular complexity index is 505. The van der Waals surface area contributed by atoms with Crippen LogP contribution in [0.5, 0.6) is 0 Å². The van der Waals surface area contributed by atoms with E-state index in [1.807, 2.05) is 18.2 Å². The SMILES string of the molecule is O=C1CCC[C@H](CCC(O)Cc2ccccc2)N1CCCCCCCO. The maximum atomic E-state index is 12.3. The van der Waals surface area contributed by atoms with Crippen molar-refractivity contribution in [1.29, 1.82) is 0 Å². The first-order valence-electron chi connectivity index (χ1n) is 10.3. The number of piperidine rings is 1. The van der Waals surface area contributed by atoms with Crippen LogP contribution in [0.2, 0.25) is 0 Å². The fourth-order valence-electron chi connectivity index (χ4n) is 3.90. The second-order valence-electron chi connectivity index (χ2n) is 7.55. The number of carbonyl (C=O) groups is 1. The maximum Gasteiger partial charge on any atom is 0.222 e. The van der Waals surface area contributed by atoms with Gasteiger partial charge in [0.15, 0.2) is 0 Å². The number of carbonyl (C=O) groups excluding carboxylic acids is 1. The summed E-state index contributed by atoms with van der Waals surface area (Å²) in [5.41, 5.74) is 1.17. The first kappa shape index (κ1) is 20.9. The van der Waals surface area contributed by atoms with Crippen LogP contribution in [0, 0.1) is 0 Å². The molecule has 2 atom stereocenters. The monoisotopic (exact) mass is 361 g/mol. The lowest BCUT2D eigenvalue weighted by molar-refractivity contribution is -0.136. The number of nitrogens with zero attached hydrogens (tertiary/aromatic N) is 1. The Morgan fingerprint density at radius 2 is 1.81 bits per heavy atom. The van der Waals surface area contributed by atoms with E-state index < -0.39 is 0 Å². The van der Waals surface area contributed by atoms with E-state index in [4.69, 9.17) is 5.11 Å². The van der Waals surface area contributed by atoms with E-state index in [0.717, 1.165) is 64.3 Å². The molecule has 0 bridgehead atoms. The van der Waals surface area contributed by atoms with E-state index in [0.29, 0.717) is 18.9 Å². The Labute approximate surface area is 158 Å². The third kappa shape index (κ3) is 7.46. The van der Waals surface area contributed by atoms with E-state index in [9.17, 15) is 9.90 Å². The minimum atomic E-state index is -0.338. The highest BCUT2D eigenvalue weighted by atomic mass is 16.3. The number of amides is 1. The van der Waals surface area contributed by atoms with Crippen molar-refractivity contribution in [2.45, 2.75) is 82.8 Å². The number of hydrogen-bond donors (Lipinski definition) is 2. The molecule has 1 saturated heterocycles. The van der Waals surface area contributed by atoms with Gasteiger partial charge in [-0.05, 0) is 50.5 Å². The molecular weight excluding hydrogens is 326 g/mol. The number of aliphatic hydroxyl groups is 2. The molecule has 0 saturated carbocycles. The molecular formula is C22H35NO3. The first-order valence-corrected chi connectivity index (χ1v) is 10.3. The average Bonchev–Trinajstić information content (AvgIpc) is 2.65. The molecule has 4 heteroatoms. The third-order valence-corrected chi connectivity index (χ3v) is 5.39. The Hall–Kier alpha value is -1.39. The highest BCUT2D eigenvalue weighted by Gasteiger charge is 2.27. The highest BCUT2D eigenvalue weighted by molar-refractivity contribution is 5.77. The summed E-state index contributed by atoms with van der Waals surface area (Å²) in [6, 6.07) is 10.4. The van der Waals surface area contributed by atoms with Crippen molar-refractivity contribution in [1.82, 2.24) is 4.90 Å². The highest BCUT2D eigenvalue weighted by Crippen LogP contribution is 2.24. The van der Waals surface area contributed by atoms with Crippen molar-refractivity contribution in [3.05, 3.63) is 35.9 Å². The van der Waals surface area contributed by atoms with Crippen LogP contribution in [0.15, 0.2) is 30.3 Å². The van der Waals surface area contributed by atoms with Gasteiger partial charge in [-0.25, -0.2) is 0 Å². The molecule has 146 valence electrons. The molecule has 1 aliphatic heterocycles. The van der Waals surface area contributed by atoms with Crippen LogP contribution in [-0.4, -0.2) is 46.3 Å². The average molecular weight is 362 g/mol. The predicted octanol–water partition coefficient (Wildman–Crippen LogP) is 3.69. The van der Waals surface area contributed by atoms with Crippen molar-refractivity contribution in [2.24, 2.45) is 0 Å². The minimum Gasteiger partial charge on any atom is -0.396 e. The number of aliphatic hydroxyl groups excluding tert-OH is 2. The summed E-state index contributed by atoms with van der Waals surface area (Å²) in [6.07, 6.45) is 9.94. The van der Waals surface area contributed by atoms with Gasteiger partial charge >= 0.3 is 0 Å². The van der Waals surface area contributed by atoms with E-state index in [-0.39, 0.29) is 18.6 Å². The molecule has 2 N–H and O–H groups in total. The molecule has 4 nitrogen and oxygen atoms in total. The first-order chi connectivity index (χ1) is 12.7. The molecule has 0 radical (unpaired) electrons. The number of benzene rings is 1. The molecule has 1 aromatic carbocycles. The van der Waals surface area contributed by atoms with Gasteiger partial charge in [0.05, 0.1) is 6.10 Å². The predicted molar refractivity (Wildman–Crippen MR) is 105 cm³/mol. The fourth-order valence-corrected chi connectivity index (χ4v) is 3.90. The lowest BCUT2D eigenvalue weighted by Crippen LogP contribution is -2.44. The Kier molecular flexibility index (Phi) is 9.72. The molecule has 1 amide bonds. The summed E-state index contributed by atoms with van der Waals surface area (Å²) in [6.45, 7) is 1.12. The zero-order chi connectivity index (χ0) is 18.6. The Balaban J connectivity index is 1.73. The quantitative estimate of drug-likeness (QED) is 0.558. The molecule has 0 aromatic heterocycles. The van der Waals surface area contributed by atoms with Gasteiger partial charge in [0.2, 0.25) is 5.91 Å². The molecule has 1 heterocycles. The van der Waals surface area contributed by atoms with Gasteiger partial charge in [0, 0.05) is 25.6 Å². The second kappa shape index (κ2) is 12.1. The fraction of sp³-hybridized carbons (Fsp3) is 0.682. The van der Waals surface area contributed by atoms with Crippen molar-refractivity contribution >= 4 is 5.91 Å². The topological polar surface area (TPSA) is 60.8 Å². The van der Waals surface area contributed by atoms with E-state index in [1.54, 1.807) is 0 Å². The Morgan fingerprint density at radius 1 is 1.08 bits per heavy atom. The second-order valence-corrected chi connectivity index (χ2v) is 7.55. The molecule has 0 spiro atoms. The number of rotatable bonds is 12. The summed E-state index contributed by atoms with van der Waals surface area (Å²) in [5, 5.41) is 19.2. The van der Waals surface area contributed by atoms with Crippen LogP contribution in [0.25, 0.3) is 0 Å². The maximum absolute atomic E-state index is 12.3. The lowest BCUT2D eigenvalue weighted by Gasteiger charge is -2.36. The standard InChI is InChI=1S/C22H35NO3/c24-17-8-3-1-2-7-16-23-20(12-9-13-22(23)26)14-15-21(25)18-19-10-5-4-6-11-19/h4-6,10-11,20-21,24-25H,1-3,7-9,12-18H2/t20-,21?/m1/s1. The molecule has 1 unspecified atom stereocenters. The van der Waals surface area contributed by atoms with Crippen molar-refractivity contribution in [3.63, 3.8) is 0 Å². The van der Waals surface area contributed by atoms with E-state index in [1.165, 1.54) is 5.56 Å². The number of unbranched alkanes of at least 4 members (excludes halogenated alkanes) is 4. The van der Waals surface area contributed by atoms with Crippen LogP contribution < -0.4 is 0 Å². The normalized spacial score (nSPS) is 18.9. The molecule has 1 aliphatic rings. The van der Waals surface area contributed by atoms with Gasteiger partial charge in [-0.15, -0.1) is 0 Å². The Morgan fingerprint density at radius 3 is 2.58 bits per heavy atom. The molecule has 1 aromatic rings. The zero-order valence-electron chi connectivity index (χ0n) is 16.0. The largest absolute Gasteiger partial charge is 0.396 e. The van der Waals surface area contributed by atoms with Crippen molar-refractivity contribution in [2.75, 3.05) is 13.2 Å². The number of likely N-dealkylation sites (tertiary alicyclic amines) is 1. The smallest absolute Gasteiger partial charge is 0.222 e. The molecule has 0 aliphatic carbocycles.